The number of benzene rings is 3. The minimum atomic E-state index is -5.08. The largest absolute Gasteiger partial charge is 0.490 e. The Bertz CT molecular complexity index is 1650. The third-order valence-corrected chi connectivity index (χ3v) is 8.06. The topological polar surface area (TPSA) is 68.0 Å². The van der Waals surface area contributed by atoms with E-state index >= 15 is 0 Å². The van der Waals surface area contributed by atoms with Crippen LogP contribution in [0.25, 0.3) is 11.0 Å². The van der Waals surface area contributed by atoms with Gasteiger partial charge in [-0.1, -0.05) is 53.5 Å². The van der Waals surface area contributed by atoms with Crippen LogP contribution in [0.15, 0.2) is 78.3 Å². The summed E-state index contributed by atoms with van der Waals surface area (Å²) < 4.78 is 34.2. The van der Waals surface area contributed by atoms with Gasteiger partial charge in [-0.3, -0.25) is 0 Å². The van der Waals surface area contributed by atoms with Gasteiger partial charge in [-0.05, 0) is 72.4 Å². The molecule has 5 nitrogen and oxygen atoms in total. The molecule has 0 radical (unpaired) electrons. The van der Waals surface area contributed by atoms with Crippen molar-refractivity contribution in [3.05, 3.63) is 116 Å². The molecule has 5 aromatic rings. The van der Waals surface area contributed by atoms with E-state index in [0.717, 1.165) is 33.5 Å². The molecule has 1 aliphatic carbocycles. The first-order chi connectivity index (χ1) is 19.6. The monoisotopic (exact) mass is 617 g/mol. The van der Waals surface area contributed by atoms with Gasteiger partial charge >= 0.3 is 12.1 Å². The van der Waals surface area contributed by atoms with Gasteiger partial charge in [-0.15, -0.1) is 11.3 Å². The van der Waals surface area contributed by atoms with Gasteiger partial charge in [0.15, 0.2) is 0 Å². The zero-order valence-corrected chi connectivity index (χ0v) is 23.8. The highest BCUT2D eigenvalue weighted by atomic mass is 35.5. The molecule has 0 spiro atoms. The van der Waals surface area contributed by atoms with Crippen LogP contribution in [0.4, 0.5) is 13.2 Å². The van der Waals surface area contributed by atoms with Crippen molar-refractivity contribution >= 4 is 51.5 Å². The predicted octanol–water partition coefficient (Wildman–Crippen LogP) is 8.73. The number of fused-ring (bicyclic) bond motifs is 1. The molecular formula is C30H24Cl2F3N3O2S. The summed E-state index contributed by atoms with van der Waals surface area (Å²) in [6, 6.07) is 22.9. The van der Waals surface area contributed by atoms with Crippen molar-refractivity contribution in [2.45, 2.75) is 43.8 Å². The molecule has 41 heavy (non-hydrogen) atoms. The highest BCUT2D eigenvalue weighted by Gasteiger charge is 2.38. The van der Waals surface area contributed by atoms with E-state index in [9.17, 15) is 13.2 Å². The number of halogens is 5. The summed E-state index contributed by atoms with van der Waals surface area (Å²) in [6.07, 6.45) is 0.157. The molecule has 0 amide bonds. The highest BCUT2D eigenvalue weighted by molar-refractivity contribution is 7.09. The predicted molar refractivity (Wildman–Crippen MR) is 155 cm³/mol. The maximum Gasteiger partial charge on any atom is 0.490 e. The Morgan fingerprint density at radius 3 is 2.34 bits per heavy atom. The van der Waals surface area contributed by atoms with Crippen LogP contribution >= 0.6 is 34.5 Å². The number of hydrogen-bond acceptors (Lipinski definition) is 4. The summed E-state index contributed by atoms with van der Waals surface area (Å²) in [5.41, 5.74) is 5.90. The number of aryl methyl sites for hydroxylation is 2. The number of hydrogen-bond donors (Lipinski definition) is 1. The van der Waals surface area contributed by atoms with Gasteiger partial charge in [0.1, 0.15) is 10.8 Å². The van der Waals surface area contributed by atoms with Crippen molar-refractivity contribution < 1.29 is 23.1 Å². The first-order valence-electron chi connectivity index (χ1n) is 12.8. The summed E-state index contributed by atoms with van der Waals surface area (Å²) in [7, 11) is 0. The number of thiazole rings is 1. The van der Waals surface area contributed by atoms with E-state index < -0.39 is 12.1 Å². The Hall–Kier alpha value is -3.40. The van der Waals surface area contributed by atoms with Gasteiger partial charge in [0.25, 0.3) is 0 Å². The molecule has 6 rings (SSSR count). The number of aromatic nitrogens is 3. The molecule has 1 unspecified atom stereocenters. The van der Waals surface area contributed by atoms with Crippen LogP contribution < -0.4 is 0 Å². The summed E-state index contributed by atoms with van der Waals surface area (Å²) in [5.74, 6) is -0.914. The van der Waals surface area contributed by atoms with Gasteiger partial charge in [0, 0.05) is 34.1 Å². The minimum Gasteiger partial charge on any atom is -0.475 e. The number of carbonyl (C=O) groups is 1. The molecule has 0 bridgehead atoms. The van der Waals surface area contributed by atoms with Crippen LogP contribution in [0.5, 0.6) is 0 Å². The fraction of sp³-hybridized carbons (Fsp3) is 0.233. The fourth-order valence-electron chi connectivity index (χ4n) is 4.67. The SMILES string of the molecule is Clc1ccc(C(c2ccc3nc(C4CC4)n(CCc4cccc(Cl)c4)c3c2)c2nccs2)cc1.O=C(O)C(F)(F)F. The summed E-state index contributed by atoms with van der Waals surface area (Å²) in [4.78, 5) is 18.6. The Morgan fingerprint density at radius 2 is 1.73 bits per heavy atom. The lowest BCUT2D eigenvalue weighted by Gasteiger charge is -2.17. The number of imidazole rings is 1. The molecule has 2 heterocycles. The second kappa shape index (κ2) is 12.2. The van der Waals surface area contributed by atoms with Crippen LogP contribution in [0.3, 0.4) is 0 Å². The van der Waals surface area contributed by atoms with Crippen LogP contribution in [0, 0.1) is 0 Å². The van der Waals surface area contributed by atoms with E-state index in [0.29, 0.717) is 5.92 Å². The van der Waals surface area contributed by atoms with Gasteiger partial charge in [-0.2, -0.15) is 13.2 Å². The number of aliphatic carboxylic acids is 1. The molecule has 1 N–H and O–H groups in total. The van der Waals surface area contributed by atoms with Crippen molar-refractivity contribution in [1.29, 1.82) is 0 Å². The van der Waals surface area contributed by atoms with Crippen molar-refractivity contribution in [2.24, 2.45) is 0 Å². The number of rotatable bonds is 7. The molecule has 212 valence electrons. The van der Waals surface area contributed by atoms with E-state index in [1.165, 1.54) is 40.9 Å². The molecule has 1 atom stereocenters. The molecule has 2 aromatic heterocycles. The zero-order valence-electron chi connectivity index (χ0n) is 21.5. The molecule has 1 saturated carbocycles. The molecule has 1 fully saturated rings. The molecule has 3 aromatic carbocycles. The lowest BCUT2D eigenvalue weighted by molar-refractivity contribution is -0.192. The zero-order chi connectivity index (χ0) is 29.1. The average Bonchev–Trinajstić information content (AvgIpc) is 3.51. The van der Waals surface area contributed by atoms with Crippen molar-refractivity contribution in [1.82, 2.24) is 14.5 Å². The average molecular weight is 619 g/mol. The Morgan fingerprint density at radius 1 is 1.02 bits per heavy atom. The number of carboxylic acids is 1. The van der Waals surface area contributed by atoms with E-state index in [2.05, 4.69) is 52.0 Å². The van der Waals surface area contributed by atoms with Crippen molar-refractivity contribution in [2.75, 3.05) is 0 Å². The smallest absolute Gasteiger partial charge is 0.475 e. The second-order valence-corrected chi connectivity index (χ2v) is 11.5. The molecule has 0 saturated heterocycles. The lowest BCUT2D eigenvalue weighted by atomic mass is 9.91. The van der Waals surface area contributed by atoms with Gasteiger partial charge in [-0.25, -0.2) is 14.8 Å². The van der Waals surface area contributed by atoms with Gasteiger partial charge < -0.3 is 9.67 Å². The normalized spacial score (nSPS) is 14.0. The van der Waals surface area contributed by atoms with E-state index in [-0.39, 0.29) is 5.92 Å². The molecule has 0 aliphatic heterocycles. The Balaban J connectivity index is 0.000000431. The van der Waals surface area contributed by atoms with Gasteiger partial charge in [0.2, 0.25) is 0 Å². The highest BCUT2D eigenvalue weighted by Crippen LogP contribution is 2.42. The molecule has 1 aliphatic rings. The van der Waals surface area contributed by atoms with Crippen LogP contribution in [0.2, 0.25) is 10.0 Å². The minimum absolute atomic E-state index is 0.0577. The summed E-state index contributed by atoms with van der Waals surface area (Å²) in [5, 5.41) is 11.8. The van der Waals surface area contributed by atoms with Gasteiger partial charge in [0.05, 0.1) is 17.0 Å². The fourth-order valence-corrected chi connectivity index (χ4v) is 5.80. The lowest BCUT2D eigenvalue weighted by Crippen LogP contribution is -2.21. The first-order valence-corrected chi connectivity index (χ1v) is 14.4. The van der Waals surface area contributed by atoms with Crippen LogP contribution in [0.1, 0.15) is 52.2 Å². The van der Waals surface area contributed by atoms with E-state index in [1.54, 1.807) is 11.3 Å². The quantitative estimate of drug-likeness (QED) is 0.198. The first kappa shape index (κ1) is 29.1. The maximum atomic E-state index is 10.6. The summed E-state index contributed by atoms with van der Waals surface area (Å²) >= 11 is 14.1. The van der Waals surface area contributed by atoms with Crippen molar-refractivity contribution in [3.63, 3.8) is 0 Å². The maximum absolute atomic E-state index is 10.6. The van der Waals surface area contributed by atoms with Crippen LogP contribution in [-0.4, -0.2) is 31.8 Å². The number of alkyl halides is 3. The summed E-state index contributed by atoms with van der Waals surface area (Å²) in [6.45, 7) is 0.884. The van der Waals surface area contributed by atoms with E-state index in [4.69, 9.17) is 38.1 Å². The number of nitrogens with zero attached hydrogens (tertiary/aromatic N) is 3. The second-order valence-electron chi connectivity index (χ2n) is 9.68. The number of carboxylic acid groups (broad SMARTS) is 1. The van der Waals surface area contributed by atoms with Crippen LogP contribution in [-0.2, 0) is 17.8 Å². The van der Waals surface area contributed by atoms with E-state index in [1.807, 2.05) is 35.8 Å². The van der Waals surface area contributed by atoms with Crippen molar-refractivity contribution in [3.8, 4) is 0 Å². The molecular weight excluding hydrogens is 594 g/mol. The Kier molecular flexibility index (Phi) is 8.68. The standard InChI is InChI=1S/C28H23Cl2N3S.C2HF3O2/c29-22-9-6-19(7-10-22)26(28-31-13-15-34-28)21-8-11-24-25(17-21)33(27(32-24)20-4-5-20)14-12-18-2-1-3-23(30)16-18;3-2(4,5)1(6)7/h1-3,6-11,13,15-17,20,26H,4-5,12,14H2;(H,6,7). The third kappa shape index (κ3) is 7.09. The Labute approximate surface area is 248 Å². The molecule has 11 heteroatoms. The third-order valence-electron chi connectivity index (χ3n) is 6.73.